The molecule has 18 heteroatoms. The summed E-state index contributed by atoms with van der Waals surface area (Å²) >= 11 is 0. The van der Waals surface area contributed by atoms with Crippen LogP contribution in [-0.4, -0.2) is 100 Å². The van der Waals surface area contributed by atoms with Crippen molar-refractivity contribution in [2.75, 3.05) is 40.8 Å². The minimum atomic E-state index is -4.64. The molecule has 0 spiro atoms. The molecule has 6 rings (SSSR count). The first kappa shape index (κ1) is 42.1. The van der Waals surface area contributed by atoms with Gasteiger partial charge in [0.1, 0.15) is 15.8 Å². The van der Waals surface area contributed by atoms with Crippen LogP contribution >= 0.6 is 0 Å². The number of nitrogens with one attached hydrogen (secondary N) is 1. The van der Waals surface area contributed by atoms with E-state index >= 15 is 0 Å². The van der Waals surface area contributed by atoms with Crippen LogP contribution in [-0.2, 0) is 21.1 Å². The molecule has 1 aliphatic heterocycles. The fraction of sp³-hybridized carbons (Fsp3) is 0.308. The number of nitrogens with zero attached hydrogens (tertiary/aromatic N) is 7. The summed E-state index contributed by atoms with van der Waals surface area (Å²) in [6.45, 7) is 10.4. The molecule has 3 aromatic carbocycles. The van der Waals surface area contributed by atoms with Crippen LogP contribution in [0.5, 0.6) is 0 Å². The second kappa shape index (κ2) is 17.0. The molecule has 0 saturated carbocycles. The lowest BCUT2D eigenvalue weighted by molar-refractivity contribution is -0.869. The minimum absolute atomic E-state index is 0.0489. The average Bonchev–Trinajstić information content (AvgIpc) is 3.75. The van der Waals surface area contributed by atoms with Crippen molar-refractivity contribution >= 4 is 27.7 Å². The Morgan fingerprint density at radius 3 is 2.18 bits per heavy atom. The van der Waals surface area contributed by atoms with E-state index in [2.05, 4.69) is 15.3 Å². The fourth-order valence-corrected chi connectivity index (χ4v) is 6.76. The number of imidazole rings is 1. The zero-order chi connectivity index (χ0) is 41.7. The van der Waals surface area contributed by atoms with Gasteiger partial charge in [0.2, 0.25) is 5.91 Å². The topological polar surface area (TPSA) is 156 Å². The summed E-state index contributed by atoms with van der Waals surface area (Å²) in [5.74, 6) is 0.0489. The number of piperidine rings is 1. The molecular formula is C39H41F3N8O6S. The molecule has 5 aromatic rings. The van der Waals surface area contributed by atoms with Crippen molar-refractivity contribution in [2.24, 2.45) is 0 Å². The molecule has 2 aromatic heterocycles. The number of quaternary nitrogens is 1. The van der Waals surface area contributed by atoms with E-state index in [-0.39, 0.29) is 33.9 Å². The molecule has 0 atom stereocenters. The van der Waals surface area contributed by atoms with E-state index in [0.717, 1.165) is 21.3 Å². The van der Waals surface area contributed by atoms with Crippen molar-refractivity contribution in [2.45, 2.75) is 43.3 Å². The number of carbonyl (C=O) groups excluding carboxylic acids is 2. The highest BCUT2D eigenvalue weighted by molar-refractivity contribution is 7.85. The lowest BCUT2D eigenvalue weighted by Gasteiger charge is -2.33. The van der Waals surface area contributed by atoms with Crippen molar-refractivity contribution in [3.8, 4) is 22.8 Å². The van der Waals surface area contributed by atoms with Crippen molar-refractivity contribution in [3.05, 3.63) is 124 Å². The number of hydrogen-bond acceptors (Lipinski definition) is 7. The average molecular weight is 807 g/mol. The summed E-state index contributed by atoms with van der Waals surface area (Å²) in [5.41, 5.74) is -0.175. The number of benzene rings is 3. The van der Waals surface area contributed by atoms with E-state index in [1.165, 1.54) is 47.3 Å². The van der Waals surface area contributed by atoms with Gasteiger partial charge in [-0.15, -0.1) is 0 Å². The van der Waals surface area contributed by atoms with Crippen LogP contribution < -0.4 is 11.0 Å². The monoisotopic (exact) mass is 806 g/mol. The first-order valence-electron chi connectivity index (χ1n) is 17.7. The van der Waals surface area contributed by atoms with Gasteiger partial charge in [0.25, 0.3) is 0 Å². The first-order chi connectivity index (χ1) is 26.8. The summed E-state index contributed by atoms with van der Waals surface area (Å²) in [7, 11) is 1.81. The molecule has 300 valence electrons. The maximum absolute atomic E-state index is 14.0. The highest BCUT2D eigenvalue weighted by atomic mass is 32.2. The number of hydrogen-bond donors (Lipinski definition) is 1. The SMILES string of the molecule is O=S(=O)([O-])c1ccccc1.[C-]#[N+]c1ccc(-n2nccc2-c2c(C)n(-c3cccc(C(F)(F)F)c3)c(=O)n2C(=O)NC2CCN(C(=O)CC[N+](C)(C)C)CC2)cc1. The Balaban J connectivity index is 0.000000540. The minimum Gasteiger partial charge on any atom is -0.744 e. The predicted octanol–water partition coefficient (Wildman–Crippen LogP) is 5.61. The molecule has 0 radical (unpaired) electrons. The molecule has 1 fully saturated rings. The Labute approximate surface area is 327 Å². The van der Waals surface area contributed by atoms with Gasteiger partial charge in [-0.1, -0.05) is 36.4 Å². The largest absolute Gasteiger partial charge is 0.744 e. The number of halogens is 3. The highest BCUT2D eigenvalue weighted by Gasteiger charge is 2.33. The first-order valence-corrected chi connectivity index (χ1v) is 19.1. The van der Waals surface area contributed by atoms with Crippen LogP contribution in [0, 0.1) is 13.5 Å². The number of rotatable bonds is 8. The molecule has 1 aliphatic rings. The van der Waals surface area contributed by atoms with Crippen LogP contribution in [0.25, 0.3) is 27.6 Å². The van der Waals surface area contributed by atoms with Crippen molar-refractivity contribution < 1.29 is 40.2 Å². The molecule has 0 unspecified atom stereocenters. The van der Waals surface area contributed by atoms with Crippen LogP contribution in [0.3, 0.4) is 0 Å². The van der Waals surface area contributed by atoms with Crippen molar-refractivity contribution in [1.82, 2.24) is 29.1 Å². The summed E-state index contributed by atoms with van der Waals surface area (Å²) in [5, 5.41) is 7.31. The summed E-state index contributed by atoms with van der Waals surface area (Å²) in [4.78, 5) is 45.7. The standard InChI is InChI=1S/C33H35F3N8O3.C6H6O3S/c1-22-30(28-13-17-38-43(28)26-11-9-24(37-2)10-12-26)42(32(47)41(22)27-8-6-7-23(21-27)33(34,35)36)31(46)39-25-14-18-40(19-15-25)29(45)16-20-44(3,4)5;7-10(8,9)6-4-2-1-3-5-6/h6-13,17,21,25H,14-16,18-20H2,1,3-5H3;1-5H,(H,7,8,9). The molecule has 0 bridgehead atoms. The molecule has 3 heterocycles. The quantitative estimate of drug-likeness (QED) is 0.122. The normalized spacial score (nSPS) is 13.7. The molecule has 1 saturated heterocycles. The number of aromatic nitrogens is 4. The Bertz CT molecular complexity index is 2440. The van der Waals surface area contributed by atoms with Gasteiger partial charge in [0, 0.05) is 19.1 Å². The Kier molecular flexibility index (Phi) is 12.6. The number of likely N-dealkylation sites (tertiary alicyclic amines) is 1. The maximum atomic E-state index is 14.0. The van der Waals surface area contributed by atoms with Crippen LogP contribution in [0.1, 0.15) is 30.5 Å². The van der Waals surface area contributed by atoms with Crippen LogP contribution in [0.2, 0.25) is 0 Å². The van der Waals surface area contributed by atoms with E-state index in [0.29, 0.717) is 60.4 Å². The second-order valence-electron chi connectivity index (χ2n) is 14.3. The fourth-order valence-electron chi connectivity index (χ4n) is 6.27. The van der Waals surface area contributed by atoms with E-state index in [1.807, 2.05) is 21.1 Å². The molecule has 2 amide bonds. The smallest absolute Gasteiger partial charge is 0.416 e. The highest BCUT2D eigenvalue weighted by Crippen LogP contribution is 2.32. The van der Waals surface area contributed by atoms with Gasteiger partial charge in [0.15, 0.2) is 5.69 Å². The third-order valence-electron chi connectivity index (χ3n) is 9.23. The van der Waals surface area contributed by atoms with Crippen molar-refractivity contribution in [3.63, 3.8) is 0 Å². The Morgan fingerprint density at radius 1 is 0.965 bits per heavy atom. The van der Waals surface area contributed by atoms with Gasteiger partial charge < -0.3 is 19.3 Å². The zero-order valence-electron chi connectivity index (χ0n) is 31.6. The van der Waals surface area contributed by atoms with E-state index in [1.54, 1.807) is 48.2 Å². The van der Waals surface area contributed by atoms with Crippen LogP contribution in [0.15, 0.2) is 101 Å². The summed E-state index contributed by atoms with van der Waals surface area (Å²) < 4.78 is 75.9. The number of carbonyl (C=O) groups is 2. The second-order valence-corrected chi connectivity index (χ2v) is 15.7. The maximum Gasteiger partial charge on any atom is 0.416 e. The van der Waals surface area contributed by atoms with E-state index in [4.69, 9.17) is 6.57 Å². The van der Waals surface area contributed by atoms with Gasteiger partial charge in [-0.3, -0.25) is 9.36 Å². The lowest BCUT2D eigenvalue weighted by atomic mass is 10.0. The molecular weight excluding hydrogens is 766 g/mol. The van der Waals surface area contributed by atoms with Crippen LogP contribution in [0.4, 0.5) is 23.7 Å². The Hall–Kier alpha value is -6.03. The molecule has 57 heavy (non-hydrogen) atoms. The Morgan fingerprint density at radius 2 is 1.61 bits per heavy atom. The summed E-state index contributed by atoms with van der Waals surface area (Å²) in [6.07, 6.45) is -1.79. The third-order valence-corrected chi connectivity index (χ3v) is 10.1. The molecule has 0 aliphatic carbocycles. The third kappa shape index (κ3) is 10.2. The summed E-state index contributed by atoms with van der Waals surface area (Å²) in [6, 6.07) is 18.6. The lowest BCUT2D eigenvalue weighted by Crippen LogP contribution is -2.49. The predicted molar refractivity (Wildman–Crippen MR) is 204 cm³/mol. The van der Waals surface area contributed by atoms with Gasteiger partial charge in [0.05, 0.1) is 80.1 Å². The number of amides is 2. The molecule has 14 nitrogen and oxygen atoms in total. The van der Waals surface area contributed by atoms with E-state index in [9.17, 15) is 40.5 Å². The van der Waals surface area contributed by atoms with Gasteiger partial charge >= 0.3 is 17.9 Å². The van der Waals surface area contributed by atoms with E-state index < -0.39 is 33.6 Å². The zero-order valence-corrected chi connectivity index (χ0v) is 32.4. The molecule has 1 N–H and O–H groups in total. The van der Waals surface area contributed by atoms with Gasteiger partial charge in [-0.25, -0.2) is 32.1 Å². The van der Waals surface area contributed by atoms with Crippen molar-refractivity contribution in [1.29, 1.82) is 0 Å². The van der Waals surface area contributed by atoms with Gasteiger partial charge in [-0.2, -0.15) is 18.3 Å². The number of alkyl halides is 3. The van der Waals surface area contributed by atoms with Gasteiger partial charge in [-0.05, 0) is 68.3 Å².